The highest BCUT2D eigenvalue weighted by molar-refractivity contribution is 5.95. The largest absolute Gasteiger partial charge is 0.342 e. The van der Waals surface area contributed by atoms with Gasteiger partial charge in [-0.2, -0.15) is 0 Å². The molecule has 0 aromatic heterocycles. The lowest BCUT2D eigenvalue weighted by molar-refractivity contribution is -0.142. The van der Waals surface area contributed by atoms with Crippen molar-refractivity contribution in [3.8, 4) is 0 Å². The van der Waals surface area contributed by atoms with Crippen molar-refractivity contribution >= 4 is 11.8 Å². The second-order valence-corrected chi connectivity index (χ2v) is 8.73. The van der Waals surface area contributed by atoms with Gasteiger partial charge in [0.1, 0.15) is 17.9 Å². The third kappa shape index (κ3) is 3.41. The number of amides is 2. The molecule has 0 aliphatic carbocycles. The second-order valence-electron chi connectivity index (χ2n) is 8.73. The molecule has 3 aliphatic rings. The molecule has 5 rings (SSSR count). The van der Waals surface area contributed by atoms with E-state index in [4.69, 9.17) is 4.74 Å². The van der Waals surface area contributed by atoms with E-state index < -0.39 is 23.3 Å². The molecule has 1 spiro atoms. The standard InChI is InChI=1S/C24H24F2N2O3/c1-15-2-4-16(5-3-15)22(29)27-10-8-24(9-11-27)23(30)28-20(6-7-21(28)31-24)17-12-18(25)14-19(26)13-17/h2-5,12-14,20-21H,6-11H2,1H3/t20-,21+/m0/s1. The minimum atomic E-state index is -0.959. The number of carbonyl (C=O) groups is 2. The summed E-state index contributed by atoms with van der Waals surface area (Å²) in [5.41, 5.74) is 1.22. The Balaban J connectivity index is 1.31. The van der Waals surface area contributed by atoms with E-state index in [9.17, 15) is 18.4 Å². The predicted octanol–water partition coefficient (Wildman–Crippen LogP) is 3.97. The zero-order valence-electron chi connectivity index (χ0n) is 17.3. The highest BCUT2D eigenvalue weighted by Crippen LogP contribution is 2.47. The minimum absolute atomic E-state index is 0.0473. The van der Waals surface area contributed by atoms with Gasteiger partial charge in [-0.05, 0) is 49.6 Å². The van der Waals surface area contributed by atoms with E-state index in [-0.39, 0.29) is 18.0 Å². The van der Waals surface area contributed by atoms with Crippen LogP contribution in [0.5, 0.6) is 0 Å². The van der Waals surface area contributed by atoms with E-state index in [1.165, 1.54) is 12.1 Å². The van der Waals surface area contributed by atoms with Crippen LogP contribution in [0, 0.1) is 18.6 Å². The number of hydrogen-bond donors (Lipinski definition) is 0. The smallest absolute Gasteiger partial charge is 0.257 e. The Bertz CT molecular complexity index is 1010. The van der Waals surface area contributed by atoms with Crippen molar-refractivity contribution in [2.75, 3.05) is 13.1 Å². The van der Waals surface area contributed by atoms with Crippen molar-refractivity contribution in [2.24, 2.45) is 0 Å². The highest BCUT2D eigenvalue weighted by atomic mass is 19.1. The van der Waals surface area contributed by atoms with Crippen LogP contribution in [-0.2, 0) is 9.53 Å². The van der Waals surface area contributed by atoms with Crippen LogP contribution in [0.4, 0.5) is 8.78 Å². The van der Waals surface area contributed by atoms with Crippen LogP contribution in [0.2, 0.25) is 0 Å². The number of likely N-dealkylation sites (tertiary alicyclic amines) is 1. The summed E-state index contributed by atoms with van der Waals surface area (Å²) in [5, 5.41) is 0. The van der Waals surface area contributed by atoms with Crippen molar-refractivity contribution < 1.29 is 23.1 Å². The van der Waals surface area contributed by atoms with Gasteiger partial charge in [0.15, 0.2) is 5.60 Å². The molecule has 3 fully saturated rings. The van der Waals surface area contributed by atoms with Crippen LogP contribution >= 0.6 is 0 Å². The molecular weight excluding hydrogens is 402 g/mol. The Hall–Kier alpha value is -2.80. The first-order chi connectivity index (χ1) is 14.9. The maximum atomic E-state index is 13.7. The maximum absolute atomic E-state index is 13.7. The van der Waals surface area contributed by atoms with Crippen LogP contribution in [0.1, 0.15) is 53.2 Å². The fourth-order valence-corrected chi connectivity index (χ4v) is 5.09. The lowest BCUT2D eigenvalue weighted by Gasteiger charge is -2.37. The summed E-state index contributed by atoms with van der Waals surface area (Å²) in [6.07, 6.45) is 1.68. The lowest BCUT2D eigenvalue weighted by Crippen LogP contribution is -2.51. The molecule has 0 saturated carbocycles. The van der Waals surface area contributed by atoms with Gasteiger partial charge in [-0.1, -0.05) is 17.7 Å². The van der Waals surface area contributed by atoms with E-state index in [1.54, 1.807) is 9.80 Å². The van der Waals surface area contributed by atoms with Gasteiger partial charge in [-0.3, -0.25) is 9.59 Å². The van der Waals surface area contributed by atoms with Crippen LogP contribution < -0.4 is 0 Å². The highest BCUT2D eigenvalue weighted by Gasteiger charge is 2.58. The van der Waals surface area contributed by atoms with Gasteiger partial charge in [-0.15, -0.1) is 0 Å². The molecule has 2 atom stereocenters. The number of fused-ring (bicyclic) bond motifs is 1. The second kappa shape index (κ2) is 7.41. The molecule has 3 aliphatic heterocycles. The molecule has 2 aromatic rings. The van der Waals surface area contributed by atoms with Gasteiger partial charge in [0, 0.05) is 37.6 Å². The first-order valence-electron chi connectivity index (χ1n) is 10.7. The third-order valence-electron chi connectivity index (χ3n) is 6.75. The Kier molecular flexibility index (Phi) is 4.81. The minimum Gasteiger partial charge on any atom is -0.342 e. The van der Waals surface area contributed by atoms with Crippen molar-refractivity contribution in [1.82, 2.24) is 9.80 Å². The fraction of sp³-hybridized carbons (Fsp3) is 0.417. The molecule has 0 bridgehead atoms. The Morgan fingerprint density at radius 3 is 2.32 bits per heavy atom. The van der Waals surface area contributed by atoms with Crippen molar-refractivity contribution in [3.63, 3.8) is 0 Å². The van der Waals surface area contributed by atoms with Gasteiger partial charge >= 0.3 is 0 Å². The molecular formula is C24H24F2N2O3. The fourth-order valence-electron chi connectivity index (χ4n) is 5.09. The van der Waals surface area contributed by atoms with Crippen molar-refractivity contribution in [1.29, 1.82) is 0 Å². The first kappa shape index (κ1) is 20.1. The topological polar surface area (TPSA) is 49.9 Å². The quantitative estimate of drug-likeness (QED) is 0.730. The number of piperidine rings is 1. The van der Waals surface area contributed by atoms with E-state index in [2.05, 4.69) is 0 Å². The Morgan fingerprint density at radius 2 is 1.68 bits per heavy atom. The molecule has 0 unspecified atom stereocenters. The molecule has 3 heterocycles. The van der Waals surface area contributed by atoms with Gasteiger partial charge in [0.05, 0.1) is 6.04 Å². The summed E-state index contributed by atoms with van der Waals surface area (Å²) >= 11 is 0. The molecule has 2 aromatic carbocycles. The molecule has 162 valence electrons. The molecule has 3 saturated heterocycles. The Labute approximate surface area is 179 Å². The van der Waals surface area contributed by atoms with Crippen LogP contribution in [-0.4, -0.2) is 46.5 Å². The average Bonchev–Trinajstić information content (AvgIpc) is 3.26. The molecule has 5 nitrogen and oxygen atoms in total. The summed E-state index contributed by atoms with van der Waals surface area (Å²) < 4.78 is 33.7. The zero-order valence-corrected chi connectivity index (χ0v) is 17.3. The van der Waals surface area contributed by atoms with Gasteiger partial charge in [0.25, 0.3) is 11.8 Å². The van der Waals surface area contributed by atoms with E-state index in [0.717, 1.165) is 11.6 Å². The predicted molar refractivity (Wildman–Crippen MR) is 109 cm³/mol. The summed E-state index contributed by atoms with van der Waals surface area (Å²) in [6, 6.07) is 10.5. The average molecular weight is 426 g/mol. The van der Waals surface area contributed by atoms with Crippen LogP contribution in [0.15, 0.2) is 42.5 Å². The number of rotatable bonds is 2. The number of benzene rings is 2. The number of halogens is 2. The number of hydrogen-bond acceptors (Lipinski definition) is 3. The van der Waals surface area contributed by atoms with E-state index in [0.29, 0.717) is 49.9 Å². The molecule has 0 N–H and O–H groups in total. The van der Waals surface area contributed by atoms with Gasteiger partial charge in [-0.25, -0.2) is 8.78 Å². The van der Waals surface area contributed by atoms with Crippen molar-refractivity contribution in [2.45, 2.75) is 50.5 Å². The van der Waals surface area contributed by atoms with E-state index >= 15 is 0 Å². The summed E-state index contributed by atoms with van der Waals surface area (Å²) in [5.74, 6) is -1.48. The zero-order chi connectivity index (χ0) is 21.8. The van der Waals surface area contributed by atoms with Crippen LogP contribution in [0.25, 0.3) is 0 Å². The van der Waals surface area contributed by atoms with Gasteiger partial charge < -0.3 is 14.5 Å². The molecule has 2 amide bonds. The molecule has 31 heavy (non-hydrogen) atoms. The third-order valence-corrected chi connectivity index (χ3v) is 6.75. The van der Waals surface area contributed by atoms with E-state index in [1.807, 2.05) is 31.2 Å². The SMILES string of the molecule is Cc1ccc(C(=O)N2CCC3(CC2)O[C@@H]2CC[C@@H](c4cc(F)cc(F)c4)N2C3=O)cc1. The number of carbonyl (C=O) groups excluding carboxylic acids is 2. The molecule has 7 heteroatoms. The monoisotopic (exact) mass is 426 g/mol. The number of aryl methyl sites for hydroxylation is 1. The number of nitrogens with zero attached hydrogens (tertiary/aromatic N) is 2. The first-order valence-corrected chi connectivity index (χ1v) is 10.7. The lowest BCUT2D eigenvalue weighted by atomic mass is 9.89. The van der Waals surface area contributed by atoms with Crippen molar-refractivity contribution in [3.05, 3.63) is 70.8 Å². The van der Waals surface area contributed by atoms with Crippen LogP contribution in [0.3, 0.4) is 0 Å². The number of ether oxygens (including phenoxy) is 1. The summed E-state index contributed by atoms with van der Waals surface area (Å²) in [4.78, 5) is 29.6. The molecule has 0 radical (unpaired) electrons. The summed E-state index contributed by atoms with van der Waals surface area (Å²) in [7, 11) is 0. The normalized spacial score (nSPS) is 24.7. The van der Waals surface area contributed by atoms with Gasteiger partial charge in [0.2, 0.25) is 0 Å². The maximum Gasteiger partial charge on any atom is 0.257 e. The Morgan fingerprint density at radius 1 is 1.03 bits per heavy atom. The summed E-state index contributed by atoms with van der Waals surface area (Å²) in [6.45, 7) is 2.83.